The molecule has 0 radical (unpaired) electrons. The Hall–Kier alpha value is -2.20. The third-order valence-corrected chi connectivity index (χ3v) is 6.45. The lowest BCUT2D eigenvalue weighted by molar-refractivity contribution is -0.306. The van der Waals surface area contributed by atoms with Crippen LogP contribution in [0.4, 0.5) is 0 Å². The fourth-order valence-corrected chi connectivity index (χ4v) is 4.55. The van der Waals surface area contributed by atoms with Crippen LogP contribution in [0.15, 0.2) is 11.6 Å². The fraction of sp³-hybridized carbons (Fsp3) is 0.684. The van der Waals surface area contributed by atoms with Crippen LogP contribution in [0.1, 0.15) is 34.6 Å². The van der Waals surface area contributed by atoms with Crippen molar-refractivity contribution in [1.82, 2.24) is 0 Å². The molecule has 0 spiro atoms. The second kappa shape index (κ2) is 14.8. The van der Waals surface area contributed by atoms with Crippen LogP contribution in [-0.4, -0.2) is 89.1 Å². The van der Waals surface area contributed by atoms with Crippen molar-refractivity contribution in [3.8, 4) is 0 Å². The molecule has 0 aromatic rings. The zero-order chi connectivity index (χ0) is 29.3. The van der Waals surface area contributed by atoms with Crippen molar-refractivity contribution in [2.24, 2.45) is 0 Å². The van der Waals surface area contributed by atoms with Crippen molar-refractivity contribution in [2.75, 3.05) is 19.8 Å². The van der Waals surface area contributed by atoms with Crippen LogP contribution in [0, 0.1) is 0 Å². The van der Waals surface area contributed by atoms with Gasteiger partial charge in [-0.3, -0.25) is 23.7 Å². The van der Waals surface area contributed by atoms with Gasteiger partial charge < -0.3 is 43.1 Å². The van der Waals surface area contributed by atoms with Gasteiger partial charge in [-0.2, -0.15) is 4.31 Å². The van der Waals surface area contributed by atoms with E-state index in [1.165, 1.54) is 13.0 Å². The minimum absolute atomic E-state index is 0.299. The summed E-state index contributed by atoms with van der Waals surface area (Å²) < 4.78 is 62.4. The smallest absolute Gasteiger partial charge is 0.463 e. The summed E-state index contributed by atoms with van der Waals surface area (Å²) in [5.74, 6) is -3.14. The van der Waals surface area contributed by atoms with E-state index in [0.29, 0.717) is 5.57 Å². The Bertz CT molecular complexity index is 988. The largest absolute Gasteiger partial charge is 0.481 e. The Morgan fingerprint density at radius 1 is 0.816 bits per heavy atom. The molecule has 1 rings (SSSR count). The molecule has 218 valence electrons. The van der Waals surface area contributed by atoms with Crippen LogP contribution in [0.5, 0.6) is 0 Å². The number of carbonyl (C=O) groups is 4. The van der Waals surface area contributed by atoms with E-state index in [9.17, 15) is 33.2 Å². The second-order valence-corrected chi connectivity index (χ2v) is 10.6. The molecule has 1 fully saturated rings. The minimum Gasteiger partial charge on any atom is -0.463 e. The first-order valence-corrected chi connectivity index (χ1v) is 13.7. The Morgan fingerprint density at radius 2 is 1.34 bits per heavy atom. The van der Waals surface area contributed by atoms with Gasteiger partial charge in [-0.05, 0) is 12.5 Å². The predicted octanol–water partition coefficient (Wildman–Crippen LogP) is 0.259. The Labute approximate surface area is 217 Å². The number of phosphoric acid groups is 2. The summed E-state index contributed by atoms with van der Waals surface area (Å²) in [4.78, 5) is 73.2. The molecule has 0 aliphatic carbocycles. The van der Waals surface area contributed by atoms with Crippen molar-refractivity contribution in [2.45, 2.75) is 65.3 Å². The van der Waals surface area contributed by atoms with Crippen LogP contribution >= 0.6 is 15.6 Å². The normalized spacial score (nSPS) is 25.6. The molecule has 0 saturated carbocycles. The van der Waals surface area contributed by atoms with Crippen LogP contribution in [0.2, 0.25) is 0 Å². The molecule has 0 aromatic heterocycles. The average molecular weight is 592 g/mol. The zero-order valence-corrected chi connectivity index (χ0v) is 22.8. The maximum atomic E-state index is 11.8. The summed E-state index contributed by atoms with van der Waals surface area (Å²) in [5.41, 5.74) is 0.328. The molecule has 1 heterocycles. The molecule has 1 aliphatic heterocycles. The van der Waals surface area contributed by atoms with Gasteiger partial charge in [0.05, 0.1) is 13.2 Å². The Kier molecular flexibility index (Phi) is 13.2. The number of carbonyl (C=O) groups excluding carboxylic acids is 4. The third kappa shape index (κ3) is 13.0. The van der Waals surface area contributed by atoms with Crippen molar-refractivity contribution < 1.29 is 80.2 Å². The van der Waals surface area contributed by atoms with Gasteiger partial charge in [-0.15, -0.1) is 0 Å². The van der Waals surface area contributed by atoms with E-state index in [4.69, 9.17) is 38.2 Å². The predicted molar refractivity (Wildman–Crippen MR) is 121 cm³/mol. The molecule has 0 aromatic carbocycles. The zero-order valence-electron chi connectivity index (χ0n) is 21.0. The number of rotatable bonds is 13. The fourth-order valence-electron chi connectivity index (χ4n) is 3.03. The van der Waals surface area contributed by atoms with E-state index in [-0.39, 0.29) is 6.61 Å². The van der Waals surface area contributed by atoms with Gasteiger partial charge >= 0.3 is 39.5 Å². The summed E-state index contributed by atoms with van der Waals surface area (Å²) in [6.45, 7) is 4.41. The lowest BCUT2D eigenvalue weighted by Crippen LogP contribution is -2.63. The van der Waals surface area contributed by atoms with Crippen molar-refractivity contribution in [3.63, 3.8) is 0 Å². The maximum Gasteiger partial charge on any atom is 0.481 e. The first-order chi connectivity index (χ1) is 17.4. The summed E-state index contributed by atoms with van der Waals surface area (Å²) in [6.07, 6.45) is -5.72. The average Bonchev–Trinajstić information content (AvgIpc) is 2.71. The standard InChI is InChI=1S/C19H30O17P2/c1-10(6-7-31-38(27,28)36-37(24,25)26)8-30-19-18(34-14(5)23)17(33-13(4)22)16(32-12(3)21)15(35-19)9-29-11(2)20/h6,15-19H,7-9H2,1-5H3,(H,27,28)(H2,24,25,26)/b10-6+/t15-,16-,17+,18-,19-/m1/s1. The van der Waals surface area contributed by atoms with Crippen LogP contribution in [-0.2, 0) is 65.6 Å². The molecule has 3 N–H and O–H groups in total. The number of phosphoric ester groups is 1. The van der Waals surface area contributed by atoms with E-state index in [2.05, 4.69) is 8.83 Å². The second-order valence-electron chi connectivity index (χ2n) is 7.77. The van der Waals surface area contributed by atoms with E-state index in [1.807, 2.05) is 0 Å². The SMILES string of the molecule is CC(=O)OC[C@H]1O[C@@H](OC/C(C)=C/COP(=O)(O)OP(=O)(O)O)[C@H](OC(C)=O)[C@@H](OC(C)=O)[C@@H]1OC(C)=O. The van der Waals surface area contributed by atoms with Gasteiger partial charge in [0.15, 0.2) is 24.6 Å². The Morgan fingerprint density at radius 3 is 1.84 bits per heavy atom. The van der Waals surface area contributed by atoms with E-state index in [1.54, 1.807) is 0 Å². The summed E-state index contributed by atoms with van der Waals surface area (Å²) in [7, 11) is -10.4. The molecule has 0 bridgehead atoms. The van der Waals surface area contributed by atoms with Gasteiger partial charge in [0.25, 0.3) is 0 Å². The van der Waals surface area contributed by atoms with Gasteiger partial charge in [0.2, 0.25) is 0 Å². The quantitative estimate of drug-likeness (QED) is 0.112. The molecule has 17 nitrogen and oxygen atoms in total. The molecule has 0 amide bonds. The molecular formula is C19H30O17P2. The minimum atomic E-state index is -5.29. The highest BCUT2D eigenvalue weighted by Crippen LogP contribution is 2.57. The molecule has 19 heteroatoms. The van der Waals surface area contributed by atoms with Gasteiger partial charge in [-0.25, -0.2) is 9.13 Å². The van der Waals surface area contributed by atoms with Gasteiger partial charge in [0, 0.05) is 27.7 Å². The number of hydrogen-bond donors (Lipinski definition) is 3. The molecule has 1 saturated heterocycles. The summed E-state index contributed by atoms with van der Waals surface area (Å²) in [6, 6.07) is 0. The molecule has 38 heavy (non-hydrogen) atoms. The first kappa shape index (κ1) is 33.8. The summed E-state index contributed by atoms with van der Waals surface area (Å²) in [5, 5.41) is 0. The summed E-state index contributed by atoms with van der Waals surface area (Å²) >= 11 is 0. The van der Waals surface area contributed by atoms with Crippen molar-refractivity contribution in [3.05, 3.63) is 11.6 Å². The van der Waals surface area contributed by atoms with Crippen LogP contribution < -0.4 is 0 Å². The molecule has 1 unspecified atom stereocenters. The Balaban J connectivity index is 3.12. The maximum absolute atomic E-state index is 11.8. The number of ether oxygens (including phenoxy) is 6. The highest BCUT2D eigenvalue weighted by atomic mass is 31.3. The lowest BCUT2D eigenvalue weighted by Gasteiger charge is -2.44. The topological polar surface area (TPSA) is 237 Å². The molecular weight excluding hydrogens is 562 g/mol. The van der Waals surface area contributed by atoms with Gasteiger partial charge in [-0.1, -0.05) is 6.08 Å². The lowest BCUT2D eigenvalue weighted by atomic mass is 9.98. The monoisotopic (exact) mass is 592 g/mol. The van der Waals surface area contributed by atoms with E-state index in [0.717, 1.165) is 27.7 Å². The highest BCUT2D eigenvalue weighted by molar-refractivity contribution is 7.60. The number of hydrogen-bond acceptors (Lipinski definition) is 14. The van der Waals surface area contributed by atoms with Gasteiger partial charge in [0.1, 0.15) is 12.7 Å². The highest BCUT2D eigenvalue weighted by Gasteiger charge is 2.52. The molecule has 6 atom stereocenters. The van der Waals surface area contributed by atoms with Crippen LogP contribution in [0.3, 0.4) is 0 Å². The molecule has 1 aliphatic rings. The van der Waals surface area contributed by atoms with E-state index >= 15 is 0 Å². The van der Waals surface area contributed by atoms with Crippen LogP contribution in [0.25, 0.3) is 0 Å². The number of esters is 4. The third-order valence-electron chi connectivity index (χ3n) is 4.30. The van der Waals surface area contributed by atoms with Crippen molar-refractivity contribution >= 4 is 39.5 Å². The van der Waals surface area contributed by atoms with Crippen molar-refractivity contribution in [1.29, 1.82) is 0 Å². The first-order valence-electron chi connectivity index (χ1n) is 10.7. The van der Waals surface area contributed by atoms with E-state index < -0.39 is 83.4 Å².